The van der Waals surface area contributed by atoms with E-state index in [1.165, 1.54) is 12.1 Å². The molecule has 0 heterocycles. The Balaban J connectivity index is 2.58. The van der Waals surface area contributed by atoms with Gasteiger partial charge in [-0.15, -0.1) is 0 Å². The topological polar surface area (TPSA) is 43.1 Å². The third kappa shape index (κ3) is 2.43. The predicted molar refractivity (Wildman–Crippen MR) is 73.6 cm³/mol. The van der Waals surface area contributed by atoms with Crippen LogP contribution in [0.4, 0.5) is 5.69 Å². The van der Waals surface area contributed by atoms with Crippen molar-refractivity contribution < 1.29 is 4.92 Å². The Morgan fingerprint density at radius 2 is 1.67 bits per heavy atom. The van der Waals surface area contributed by atoms with Crippen LogP contribution in [0.15, 0.2) is 36.4 Å². The summed E-state index contributed by atoms with van der Waals surface area (Å²) >= 11 is 18.0. The molecular formula is C12H6Cl3NO2. The first-order valence-corrected chi connectivity index (χ1v) is 6.02. The summed E-state index contributed by atoms with van der Waals surface area (Å²) in [5, 5.41) is 11.7. The Labute approximate surface area is 118 Å². The van der Waals surface area contributed by atoms with E-state index in [0.29, 0.717) is 21.2 Å². The minimum atomic E-state index is -0.505. The second-order valence-electron chi connectivity index (χ2n) is 3.52. The van der Waals surface area contributed by atoms with Gasteiger partial charge in [0, 0.05) is 23.3 Å². The number of halogens is 3. The van der Waals surface area contributed by atoms with Crippen molar-refractivity contribution in [2.75, 3.05) is 0 Å². The fourth-order valence-electron chi connectivity index (χ4n) is 1.55. The van der Waals surface area contributed by atoms with Gasteiger partial charge in [0.1, 0.15) is 0 Å². The molecule has 0 fully saturated rings. The van der Waals surface area contributed by atoms with E-state index in [1.807, 2.05) is 0 Å². The summed E-state index contributed by atoms with van der Waals surface area (Å²) in [5.41, 5.74) is 1.18. The molecule has 2 rings (SSSR count). The van der Waals surface area contributed by atoms with Gasteiger partial charge < -0.3 is 0 Å². The van der Waals surface area contributed by atoms with E-state index >= 15 is 0 Å². The molecule has 0 aliphatic heterocycles. The highest BCUT2D eigenvalue weighted by Gasteiger charge is 2.13. The van der Waals surface area contributed by atoms with Gasteiger partial charge in [-0.1, -0.05) is 46.9 Å². The highest BCUT2D eigenvalue weighted by Crippen LogP contribution is 2.38. The summed E-state index contributed by atoms with van der Waals surface area (Å²) in [4.78, 5) is 10.1. The van der Waals surface area contributed by atoms with E-state index < -0.39 is 4.92 Å². The summed E-state index contributed by atoms with van der Waals surface area (Å²) in [6, 6.07) is 9.36. The molecule has 2 aromatic rings. The van der Waals surface area contributed by atoms with Crippen LogP contribution in [-0.4, -0.2) is 4.92 Å². The van der Waals surface area contributed by atoms with Crippen LogP contribution in [0.1, 0.15) is 0 Å². The highest BCUT2D eigenvalue weighted by atomic mass is 35.5. The number of hydrogen-bond donors (Lipinski definition) is 0. The van der Waals surface area contributed by atoms with E-state index in [9.17, 15) is 10.1 Å². The molecule has 0 N–H and O–H groups in total. The van der Waals surface area contributed by atoms with Gasteiger partial charge in [0.05, 0.1) is 20.0 Å². The van der Waals surface area contributed by atoms with E-state index in [1.54, 1.807) is 24.3 Å². The van der Waals surface area contributed by atoms with Gasteiger partial charge in [-0.05, 0) is 12.1 Å². The lowest BCUT2D eigenvalue weighted by Gasteiger charge is -2.07. The highest BCUT2D eigenvalue weighted by molar-refractivity contribution is 6.44. The molecule has 0 atom stereocenters. The molecule has 0 aliphatic carbocycles. The number of nitro groups is 1. The molecule has 6 heteroatoms. The van der Waals surface area contributed by atoms with Crippen molar-refractivity contribution in [1.29, 1.82) is 0 Å². The van der Waals surface area contributed by atoms with Crippen molar-refractivity contribution in [3.05, 3.63) is 61.6 Å². The molecule has 0 radical (unpaired) electrons. The van der Waals surface area contributed by atoms with Crippen molar-refractivity contribution in [2.45, 2.75) is 0 Å². The molecule has 18 heavy (non-hydrogen) atoms. The molecule has 0 bridgehead atoms. The van der Waals surface area contributed by atoms with Crippen LogP contribution in [0.25, 0.3) is 11.1 Å². The Morgan fingerprint density at radius 1 is 0.944 bits per heavy atom. The lowest BCUT2D eigenvalue weighted by Crippen LogP contribution is -1.89. The Kier molecular flexibility index (Phi) is 3.76. The fourth-order valence-corrected chi connectivity index (χ4v) is 2.23. The minimum absolute atomic E-state index is 0.0677. The lowest BCUT2D eigenvalue weighted by molar-refractivity contribution is -0.384. The van der Waals surface area contributed by atoms with Gasteiger partial charge in [0.2, 0.25) is 0 Å². The third-order valence-corrected chi connectivity index (χ3v) is 3.54. The maximum absolute atomic E-state index is 10.6. The average molecular weight is 303 g/mol. The van der Waals surface area contributed by atoms with Crippen LogP contribution in [0.5, 0.6) is 0 Å². The number of hydrogen-bond acceptors (Lipinski definition) is 2. The summed E-state index contributed by atoms with van der Waals surface area (Å²) in [7, 11) is 0. The van der Waals surface area contributed by atoms with Gasteiger partial charge in [0.25, 0.3) is 5.69 Å². The van der Waals surface area contributed by atoms with Crippen molar-refractivity contribution in [3.8, 4) is 11.1 Å². The quantitative estimate of drug-likeness (QED) is 0.563. The first kappa shape index (κ1) is 13.1. The zero-order chi connectivity index (χ0) is 13.3. The molecule has 3 nitrogen and oxygen atoms in total. The van der Waals surface area contributed by atoms with E-state index in [2.05, 4.69) is 0 Å². The van der Waals surface area contributed by atoms with Crippen molar-refractivity contribution in [1.82, 2.24) is 0 Å². The Morgan fingerprint density at radius 3 is 2.28 bits per heavy atom. The van der Waals surface area contributed by atoms with Gasteiger partial charge in [-0.2, -0.15) is 0 Å². The van der Waals surface area contributed by atoms with Crippen molar-refractivity contribution >= 4 is 40.5 Å². The van der Waals surface area contributed by atoms with Gasteiger partial charge in [-0.25, -0.2) is 0 Å². The smallest absolute Gasteiger partial charge is 0.258 e. The number of nitro benzene ring substituents is 1. The van der Waals surface area contributed by atoms with Crippen LogP contribution >= 0.6 is 34.8 Å². The molecule has 0 aromatic heterocycles. The first-order valence-electron chi connectivity index (χ1n) is 4.89. The van der Waals surface area contributed by atoms with Gasteiger partial charge in [-0.3, -0.25) is 10.1 Å². The average Bonchev–Trinajstić information content (AvgIpc) is 2.33. The lowest BCUT2D eigenvalue weighted by atomic mass is 10.1. The third-order valence-electron chi connectivity index (χ3n) is 2.41. The predicted octanol–water partition coefficient (Wildman–Crippen LogP) is 5.22. The summed E-state index contributed by atoms with van der Waals surface area (Å²) in [6.07, 6.45) is 0. The zero-order valence-corrected chi connectivity index (χ0v) is 11.1. The molecule has 0 spiro atoms. The maximum Gasteiger partial charge on any atom is 0.270 e. The molecule has 0 saturated carbocycles. The number of rotatable bonds is 2. The SMILES string of the molecule is O=[N+]([O-])c1ccc(-c2cccc(Cl)c2Cl)c(Cl)c1. The van der Waals surface area contributed by atoms with Crippen LogP contribution in [0.3, 0.4) is 0 Å². The van der Waals surface area contributed by atoms with Crippen LogP contribution < -0.4 is 0 Å². The van der Waals surface area contributed by atoms with E-state index in [-0.39, 0.29) is 10.7 Å². The minimum Gasteiger partial charge on any atom is -0.258 e. The molecule has 0 unspecified atom stereocenters. The molecule has 0 amide bonds. The van der Waals surface area contributed by atoms with Crippen molar-refractivity contribution in [2.24, 2.45) is 0 Å². The number of benzene rings is 2. The fraction of sp³-hybridized carbons (Fsp3) is 0. The van der Waals surface area contributed by atoms with E-state index in [0.717, 1.165) is 0 Å². The molecule has 92 valence electrons. The van der Waals surface area contributed by atoms with Crippen LogP contribution in [0, 0.1) is 10.1 Å². The van der Waals surface area contributed by atoms with Gasteiger partial charge in [0.15, 0.2) is 0 Å². The number of non-ortho nitro benzene ring substituents is 1. The largest absolute Gasteiger partial charge is 0.270 e. The summed E-state index contributed by atoms with van der Waals surface area (Å²) in [6.45, 7) is 0. The van der Waals surface area contributed by atoms with Gasteiger partial charge >= 0.3 is 0 Å². The monoisotopic (exact) mass is 301 g/mol. The van der Waals surface area contributed by atoms with E-state index in [4.69, 9.17) is 34.8 Å². The van der Waals surface area contributed by atoms with Crippen LogP contribution in [-0.2, 0) is 0 Å². The first-order chi connectivity index (χ1) is 8.50. The zero-order valence-electron chi connectivity index (χ0n) is 8.86. The Bertz CT molecular complexity index is 629. The standard InChI is InChI=1S/C12H6Cl3NO2/c13-10-3-1-2-9(12(10)15)8-5-4-7(16(17)18)6-11(8)14/h1-6H. The van der Waals surface area contributed by atoms with Crippen molar-refractivity contribution in [3.63, 3.8) is 0 Å². The Hall–Kier alpha value is -1.29. The number of nitrogens with zero attached hydrogens (tertiary/aromatic N) is 1. The maximum atomic E-state index is 10.6. The molecule has 0 saturated heterocycles. The molecule has 2 aromatic carbocycles. The second-order valence-corrected chi connectivity index (χ2v) is 4.72. The summed E-state index contributed by atoms with van der Waals surface area (Å²) in [5.74, 6) is 0. The molecule has 0 aliphatic rings. The summed E-state index contributed by atoms with van der Waals surface area (Å²) < 4.78 is 0. The van der Waals surface area contributed by atoms with Crippen LogP contribution in [0.2, 0.25) is 15.1 Å². The second kappa shape index (κ2) is 5.14. The molecular weight excluding hydrogens is 296 g/mol. The normalized spacial score (nSPS) is 10.4.